The fourth-order valence-corrected chi connectivity index (χ4v) is 3.90. The van der Waals surface area contributed by atoms with Gasteiger partial charge in [-0.1, -0.05) is 19.1 Å². The van der Waals surface area contributed by atoms with E-state index >= 15 is 0 Å². The van der Waals surface area contributed by atoms with Crippen LogP contribution in [-0.2, 0) is 11.2 Å². The number of nitrogens with zero attached hydrogens (tertiary/aromatic N) is 1. The van der Waals surface area contributed by atoms with Gasteiger partial charge in [0, 0.05) is 4.88 Å². The minimum atomic E-state index is -0.122. The summed E-state index contributed by atoms with van der Waals surface area (Å²) in [5.41, 5.74) is 2.48. The molecule has 1 amide bonds. The number of aryl methyl sites for hydroxylation is 1. The van der Waals surface area contributed by atoms with Gasteiger partial charge >= 0.3 is 0 Å². The standard InChI is InChI=1S/C16H13BrN2OS2/c1-2-10-4-3-5-11(8-10)19-15(20)13(18-16(19)21)9-12-6-7-14(17)22-12/h3-9H,2H2,1H3,(H,18,21)/b13-9+. The van der Waals surface area contributed by atoms with E-state index in [0.717, 1.165) is 20.8 Å². The van der Waals surface area contributed by atoms with Crippen LogP contribution >= 0.6 is 39.5 Å². The third kappa shape index (κ3) is 2.99. The van der Waals surface area contributed by atoms with Gasteiger partial charge in [-0.15, -0.1) is 11.3 Å². The summed E-state index contributed by atoms with van der Waals surface area (Å²) in [5.74, 6) is -0.122. The molecule has 1 fully saturated rings. The molecule has 0 aliphatic carbocycles. The zero-order valence-electron chi connectivity index (χ0n) is 11.8. The zero-order valence-corrected chi connectivity index (χ0v) is 15.0. The topological polar surface area (TPSA) is 32.3 Å². The second kappa shape index (κ2) is 6.32. The van der Waals surface area contributed by atoms with Crippen LogP contribution in [0, 0.1) is 0 Å². The van der Waals surface area contributed by atoms with E-state index in [1.807, 2.05) is 42.5 Å². The number of halogens is 1. The normalized spacial score (nSPS) is 16.5. The molecule has 6 heteroatoms. The first-order chi connectivity index (χ1) is 10.6. The van der Waals surface area contributed by atoms with E-state index in [0.29, 0.717) is 10.8 Å². The molecule has 1 aliphatic rings. The van der Waals surface area contributed by atoms with Crippen LogP contribution in [0.5, 0.6) is 0 Å². The summed E-state index contributed by atoms with van der Waals surface area (Å²) < 4.78 is 1.03. The number of benzene rings is 1. The lowest BCUT2D eigenvalue weighted by Gasteiger charge is -2.14. The first-order valence-corrected chi connectivity index (χ1v) is 8.81. The minimum Gasteiger partial charge on any atom is -0.327 e. The maximum absolute atomic E-state index is 12.6. The molecular formula is C16H13BrN2OS2. The number of hydrogen-bond donors (Lipinski definition) is 1. The molecule has 0 atom stereocenters. The molecule has 1 aromatic heterocycles. The number of thiophene rings is 1. The van der Waals surface area contributed by atoms with Gasteiger partial charge in [0.15, 0.2) is 5.11 Å². The highest BCUT2D eigenvalue weighted by Crippen LogP contribution is 2.27. The van der Waals surface area contributed by atoms with Gasteiger partial charge in [0.25, 0.3) is 5.91 Å². The van der Waals surface area contributed by atoms with E-state index in [2.05, 4.69) is 28.2 Å². The number of carbonyl (C=O) groups excluding carboxylic acids is 1. The summed E-state index contributed by atoms with van der Waals surface area (Å²) >= 11 is 10.3. The summed E-state index contributed by atoms with van der Waals surface area (Å²) in [5, 5.41) is 3.42. The summed E-state index contributed by atoms with van der Waals surface area (Å²) in [6.45, 7) is 2.08. The van der Waals surface area contributed by atoms with Gasteiger partial charge in [-0.25, -0.2) is 0 Å². The molecule has 0 unspecified atom stereocenters. The first kappa shape index (κ1) is 15.4. The fourth-order valence-electron chi connectivity index (χ4n) is 2.23. The summed E-state index contributed by atoms with van der Waals surface area (Å²) in [6.07, 6.45) is 2.75. The number of nitrogens with one attached hydrogen (secondary N) is 1. The third-order valence-electron chi connectivity index (χ3n) is 3.34. The Labute approximate surface area is 146 Å². The molecule has 0 saturated carbocycles. The van der Waals surface area contributed by atoms with Crippen LogP contribution in [0.2, 0.25) is 0 Å². The van der Waals surface area contributed by atoms with Crippen LogP contribution in [0.15, 0.2) is 45.9 Å². The van der Waals surface area contributed by atoms with Crippen LogP contribution in [-0.4, -0.2) is 11.0 Å². The average molecular weight is 393 g/mol. The lowest BCUT2D eigenvalue weighted by atomic mass is 10.1. The summed E-state index contributed by atoms with van der Waals surface area (Å²) in [7, 11) is 0. The van der Waals surface area contributed by atoms with Gasteiger partial charge in [0.2, 0.25) is 0 Å². The largest absolute Gasteiger partial charge is 0.327 e. The Kier molecular flexibility index (Phi) is 4.42. The highest BCUT2D eigenvalue weighted by Gasteiger charge is 2.32. The van der Waals surface area contributed by atoms with Crippen molar-refractivity contribution in [3.05, 3.63) is 56.3 Å². The molecule has 112 valence electrons. The Morgan fingerprint density at radius 3 is 2.86 bits per heavy atom. The van der Waals surface area contributed by atoms with Crippen molar-refractivity contribution in [1.82, 2.24) is 5.32 Å². The maximum atomic E-state index is 12.6. The number of hydrogen-bond acceptors (Lipinski definition) is 3. The van der Waals surface area contributed by atoms with Crippen molar-refractivity contribution in [1.29, 1.82) is 0 Å². The van der Waals surface area contributed by atoms with E-state index < -0.39 is 0 Å². The Morgan fingerprint density at radius 1 is 1.36 bits per heavy atom. The molecule has 1 aromatic carbocycles. The Morgan fingerprint density at radius 2 is 2.18 bits per heavy atom. The van der Waals surface area contributed by atoms with E-state index in [9.17, 15) is 4.79 Å². The minimum absolute atomic E-state index is 0.122. The van der Waals surface area contributed by atoms with Crippen molar-refractivity contribution in [2.75, 3.05) is 4.90 Å². The van der Waals surface area contributed by atoms with Crippen LogP contribution in [0.25, 0.3) is 6.08 Å². The summed E-state index contributed by atoms with van der Waals surface area (Å²) in [4.78, 5) is 15.2. The lowest BCUT2D eigenvalue weighted by Crippen LogP contribution is -2.30. The van der Waals surface area contributed by atoms with Crippen molar-refractivity contribution in [3.8, 4) is 0 Å². The highest BCUT2D eigenvalue weighted by molar-refractivity contribution is 9.11. The molecule has 2 heterocycles. The highest BCUT2D eigenvalue weighted by atomic mass is 79.9. The Balaban J connectivity index is 1.92. The predicted octanol–water partition coefficient (Wildman–Crippen LogP) is 4.34. The molecule has 0 spiro atoms. The van der Waals surface area contributed by atoms with E-state index in [-0.39, 0.29) is 5.91 Å². The van der Waals surface area contributed by atoms with Gasteiger partial charge in [-0.05, 0) is 70.5 Å². The monoisotopic (exact) mass is 392 g/mol. The molecule has 3 rings (SSSR count). The SMILES string of the molecule is CCc1cccc(N2C(=O)/C(=C\c3ccc(Br)s3)NC2=S)c1. The quantitative estimate of drug-likeness (QED) is 0.622. The maximum Gasteiger partial charge on any atom is 0.281 e. The molecule has 0 radical (unpaired) electrons. The van der Waals surface area contributed by atoms with Gasteiger partial charge in [0.1, 0.15) is 5.70 Å². The molecule has 3 nitrogen and oxygen atoms in total. The second-order valence-corrected chi connectivity index (χ2v) is 7.68. The number of carbonyl (C=O) groups is 1. The second-order valence-electron chi connectivity index (χ2n) is 4.79. The molecule has 22 heavy (non-hydrogen) atoms. The smallest absolute Gasteiger partial charge is 0.281 e. The summed E-state index contributed by atoms with van der Waals surface area (Å²) in [6, 6.07) is 11.8. The van der Waals surface area contributed by atoms with Crippen molar-refractivity contribution in [3.63, 3.8) is 0 Å². The molecule has 2 aromatic rings. The molecular weight excluding hydrogens is 380 g/mol. The lowest BCUT2D eigenvalue weighted by molar-refractivity contribution is -0.113. The number of amides is 1. The number of rotatable bonds is 3. The fraction of sp³-hybridized carbons (Fsp3) is 0.125. The van der Waals surface area contributed by atoms with E-state index in [1.165, 1.54) is 5.56 Å². The van der Waals surface area contributed by atoms with E-state index in [1.54, 1.807) is 16.2 Å². The van der Waals surface area contributed by atoms with Crippen molar-refractivity contribution in [2.45, 2.75) is 13.3 Å². The van der Waals surface area contributed by atoms with Gasteiger partial charge < -0.3 is 5.32 Å². The van der Waals surface area contributed by atoms with Crippen LogP contribution in [0.3, 0.4) is 0 Å². The van der Waals surface area contributed by atoms with Crippen molar-refractivity contribution < 1.29 is 4.79 Å². The van der Waals surface area contributed by atoms with Crippen LogP contribution in [0.1, 0.15) is 17.4 Å². The average Bonchev–Trinajstić information content (AvgIpc) is 3.03. The Hall–Kier alpha value is -1.50. The zero-order chi connectivity index (χ0) is 15.7. The van der Waals surface area contributed by atoms with E-state index in [4.69, 9.17) is 12.2 Å². The van der Waals surface area contributed by atoms with Crippen molar-refractivity contribution in [2.24, 2.45) is 0 Å². The van der Waals surface area contributed by atoms with Crippen molar-refractivity contribution >= 4 is 62.3 Å². The van der Waals surface area contributed by atoms with Crippen LogP contribution in [0.4, 0.5) is 5.69 Å². The molecule has 1 N–H and O–H groups in total. The first-order valence-electron chi connectivity index (χ1n) is 6.80. The number of thiocarbonyl (C=S) groups is 1. The van der Waals surface area contributed by atoms with Gasteiger partial charge in [0.05, 0.1) is 9.47 Å². The van der Waals surface area contributed by atoms with Crippen LogP contribution < -0.4 is 10.2 Å². The number of anilines is 1. The van der Waals surface area contributed by atoms with Gasteiger partial charge in [-0.2, -0.15) is 0 Å². The predicted molar refractivity (Wildman–Crippen MR) is 99.0 cm³/mol. The van der Waals surface area contributed by atoms with Gasteiger partial charge in [-0.3, -0.25) is 9.69 Å². The molecule has 1 aliphatic heterocycles. The molecule has 0 bridgehead atoms. The molecule has 1 saturated heterocycles. The Bertz CT molecular complexity index is 782. The third-order valence-corrected chi connectivity index (χ3v) is 5.19.